The van der Waals surface area contributed by atoms with Gasteiger partial charge in [-0.1, -0.05) is 13.3 Å². The average Bonchev–Trinajstić information content (AvgIpc) is 2.66. The van der Waals surface area contributed by atoms with Crippen molar-refractivity contribution in [1.82, 2.24) is 19.8 Å². The Morgan fingerprint density at radius 1 is 1.21 bits per heavy atom. The summed E-state index contributed by atoms with van der Waals surface area (Å²) in [6.07, 6.45) is 2.07. The molecule has 0 saturated carbocycles. The maximum atomic E-state index is 13.3. The number of rotatable bonds is 7. The summed E-state index contributed by atoms with van der Waals surface area (Å²) in [6.45, 7) is 14.2. The molecule has 1 fully saturated rings. The normalized spacial score (nSPS) is 21.8. The molecule has 1 unspecified atom stereocenters. The molecule has 1 aliphatic heterocycles. The van der Waals surface area contributed by atoms with Crippen molar-refractivity contribution in [1.29, 1.82) is 0 Å². The van der Waals surface area contributed by atoms with Crippen LogP contribution in [-0.4, -0.2) is 46.2 Å². The minimum Gasteiger partial charge on any atom is -0.385 e. The van der Waals surface area contributed by atoms with Crippen molar-refractivity contribution < 1.29 is 0 Å². The number of aromatic nitrogens is 2. The van der Waals surface area contributed by atoms with Crippen molar-refractivity contribution in [3.8, 4) is 0 Å². The lowest BCUT2D eigenvalue weighted by Crippen LogP contribution is -2.55. The lowest BCUT2D eigenvalue weighted by atomic mass is 10.0. The molecular formula is C22H35N5O. The third-order valence-electron chi connectivity index (χ3n) is 5.57. The van der Waals surface area contributed by atoms with Crippen molar-refractivity contribution >= 4 is 16.6 Å². The molecule has 1 aromatic heterocycles. The van der Waals surface area contributed by atoms with Gasteiger partial charge in [-0.15, -0.1) is 0 Å². The minimum atomic E-state index is 0.0691. The predicted molar refractivity (Wildman–Crippen MR) is 117 cm³/mol. The second kappa shape index (κ2) is 9.05. The van der Waals surface area contributed by atoms with Crippen LogP contribution < -0.4 is 16.2 Å². The molecule has 2 aromatic rings. The fraction of sp³-hybridized carbons (Fsp3) is 0.636. The summed E-state index contributed by atoms with van der Waals surface area (Å²) < 4.78 is 1.88. The van der Waals surface area contributed by atoms with Crippen LogP contribution in [-0.2, 0) is 6.54 Å². The van der Waals surface area contributed by atoms with E-state index < -0.39 is 0 Å². The number of nitrogens with zero attached hydrogens (tertiary/aromatic N) is 3. The summed E-state index contributed by atoms with van der Waals surface area (Å²) in [7, 11) is 0. The molecule has 0 radical (unpaired) electrons. The predicted octanol–water partition coefficient (Wildman–Crippen LogP) is 3.37. The molecular weight excluding hydrogens is 350 g/mol. The summed E-state index contributed by atoms with van der Waals surface area (Å²) >= 11 is 0. The third kappa shape index (κ3) is 4.23. The van der Waals surface area contributed by atoms with Gasteiger partial charge in [0.2, 0.25) is 0 Å². The third-order valence-corrected chi connectivity index (χ3v) is 5.57. The monoisotopic (exact) mass is 385 g/mol. The highest BCUT2D eigenvalue weighted by molar-refractivity contribution is 5.81. The standard InChI is InChI=1S/C22H35N5O/c1-6-9-20(26-13-15(4)24-16(5)14-26)21-25-19-11-10-17(23-7-2)12-18(19)22(28)27(21)8-3/h10-12,15-16,20,23-24H,6-9,13-14H2,1-5H3/t15-,16+,20?. The molecule has 6 heteroatoms. The van der Waals surface area contributed by atoms with Crippen LogP contribution in [0.4, 0.5) is 5.69 Å². The van der Waals surface area contributed by atoms with Crippen molar-refractivity contribution in [3.05, 3.63) is 34.4 Å². The van der Waals surface area contributed by atoms with Gasteiger partial charge < -0.3 is 10.6 Å². The Bertz CT molecular complexity index is 852. The van der Waals surface area contributed by atoms with Gasteiger partial charge in [0.25, 0.3) is 5.56 Å². The second-order valence-electron chi connectivity index (χ2n) is 8.01. The Kier molecular flexibility index (Phi) is 6.73. The topological polar surface area (TPSA) is 62.2 Å². The second-order valence-corrected chi connectivity index (χ2v) is 8.01. The van der Waals surface area contributed by atoms with E-state index in [-0.39, 0.29) is 11.6 Å². The molecule has 1 aromatic carbocycles. The lowest BCUT2D eigenvalue weighted by molar-refractivity contribution is 0.109. The first-order valence-electron chi connectivity index (χ1n) is 10.8. The Morgan fingerprint density at radius 3 is 2.54 bits per heavy atom. The first-order valence-corrected chi connectivity index (χ1v) is 10.8. The summed E-state index contributed by atoms with van der Waals surface area (Å²) in [4.78, 5) is 20.9. The highest BCUT2D eigenvalue weighted by Gasteiger charge is 2.30. The van der Waals surface area contributed by atoms with E-state index in [1.54, 1.807) is 0 Å². The Hall–Kier alpha value is -1.92. The summed E-state index contributed by atoms with van der Waals surface area (Å²) in [5, 5.41) is 7.60. The highest BCUT2D eigenvalue weighted by Crippen LogP contribution is 2.27. The quantitative estimate of drug-likeness (QED) is 0.765. The number of fused-ring (bicyclic) bond motifs is 1. The molecule has 0 aliphatic carbocycles. The molecule has 28 heavy (non-hydrogen) atoms. The SMILES string of the molecule is CCCC(c1nc2ccc(NCC)cc2c(=O)n1CC)N1C[C@@H](C)N[C@@H](C)C1. The van der Waals surface area contributed by atoms with Crippen molar-refractivity contribution in [2.45, 2.75) is 72.1 Å². The largest absolute Gasteiger partial charge is 0.385 e. The van der Waals surface area contributed by atoms with E-state index in [4.69, 9.17) is 4.98 Å². The van der Waals surface area contributed by atoms with Gasteiger partial charge in [-0.3, -0.25) is 14.3 Å². The molecule has 0 amide bonds. The maximum Gasteiger partial charge on any atom is 0.261 e. The van der Waals surface area contributed by atoms with Crippen molar-refractivity contribution in [2.24, 2.45) is 0 Å². The van der Waals surface area contributed by atoms with Crippen molar-refractivity contribution in [2.75, 3.05) is 25.0 Å². The van der Waals surface area contributed by atoms with E-state index in [9.17, 15) is 4.79 Å². The number of piperazine rings is 1. The molecule has 3 rings (SSSR count). The Morgan fingerprint density at radius 2 is 1.93 bits per heavy atom. The molecule has 1 aliphatic rings. The number of hydrogen-bond donors (Lipinski definition) is 2. The van der Waals surface area contributed by atoms with Gasteiger partial charge in [-0.2, -0.15) is 0 Å². The Labute approximate surface area is 168 Å². The number of nitrogens with one attached hydrogen (secondary N) is 2. The van der Waals surface area contributed by atoms with Crippen LogP contribution in [0, 0.1) is 0 Å². The minimum absolute atomic E-state index is 0.0691. The summed E-state index contributed by atoms with van der Waals surface area (Å²) in [6, 6.07) is 6.98. The van der Waals surface area contributed by atoms with Crippen LogP contribution in [0.5, 0.6) is 0 Å². The zero-order valence-electron chi connectivity index (χ0n) is 18.0. The first-order chi connectivity index (χ1) is 13.5. The van der Waals surface area contributed by atoms with E-state index >= 15 is 0 Å². The van der Waals surface area contributed by atoms with E-state index in [1.165, 1.54) is 0 Å². The zero-order valence-corrected chi connectivity index (χ0v) is 18.0. The van der Waals surface area contributed by atoms with Gasteiger partial charge in [0.05, 0.1) is 16.9 Å². The van der Waals surface area contributed by atoms with E-state index in [1.807, 2.05) is 29.7 Å². The Balaban J connectivity index is 2.10. The molecule has 6 nitrogen and oxygen atoms in total. The van der Waals surface area contributed by atoms with Gasteiger partial charge >= 0.3 is 0 Å². The maximum absolute atomic E-state index is 13.3. The molecule has 2 N–H and O–H groups in total. The number of hydrogen-bond acceptors (Lipinski definition) is 5. The van der Waals surface area contributed by atoms with Crippen LogP contribution in [0.15, 0.2) is 23.0 Å². The fourth-order valence-corrected chi connectivity index (χ4v) is 4.48. The molecule has 0 bridgehead atoms. The smallest absolute Gasteiger partial charge is 0.261 e. The van der Waals surface area contributed by atoms with Crippen LogP contribution in [0.2, 0.25) is 0 Å². The number of benzene rings is 1. The van der Waals surface area contributed by atoms with E-state index in [0.29, 0.717) is 24.0 Å². The van der Waals surface area contributed by atoms with Crippen LogP contribution >= 0.6 is 0 Å². The van der Waals surface area contributed by atoms with Crippen molar-refractivity contribution in [3.63, 3.8) is 0 Å². The van der Waals surface area contributed by atoms with Crippen LogP contribution in [0.3, 0.4) is 0 Å². The summed E-state index contributed by atoms with van der Waals surface area (Å²) in [5.41, 5.74) is 1.84. The van der Waals surface area contributed by atoms with Gasteiger partial charge in [-0.25, -0.2) is 4.98 Å². The number of anilines is 1. The zero-order chi connectivity index (χ0) is 20.3. The first kappa shape index (κ1) is 20.8. The van der Waals surface area contributed by atoms with E-state index in [2.05, 4.69) is 43.2 Å². The highest BCUT2D eigenvalue weighted by atomic mass is 16.1. The van der Waals surface area contributed by atoms with E-state index in [0.717, 1.165) is 49.5 Å². The molecule has 1 saturated heterocycles. The molecule has 154 valence electrons. The average molecular weight is 386 g/mol. The van der Waals surface area contributed by atoms with Crippen LogP contribution in [0.1, 0.15) is 59.3 Å². The van der Waals surface area contributed by atoms with Gasteiger partial charge in [-0.05, 0) is 52.3 Å². The van der Waals surface area contributed by atoms with Crippen LogP contribution in [0.25, 0.3) is 10.9 Å². The lowest BCUT2D eigenvalue weighted by Gasteiger charge is -2.41. The van der Waals surface area contributed by atoms with Gasteiger partial charge in [0.1, 0.15) is 5.82 Å². The fourth-order valence-electron chi connectivity index (χ4n) is 4.48. The van der Waals surface area contributed by atoms with Gasteiger partial charge in [0, 0.05) is 44.0 Å². The molecule has 3 atom stereocenters. The molecule has 2 heterocycles. The molecule has 0 spiro atoms. The van der Waals surface area contributed by atoms with Gasteiger partial charge in [0.15, 0.2) is 0 Å². The summed E-state index contributed by atoms with van der Waals surface area (Å²) in [5.74, 6) is 0.916.